The van der Waals surface area contributed by atoms with Crippen molar-refractivity contribution in [3.8, 4) is 11.5 Å². The van der Waals surface area contributed by atoms with Crippen LogP contribution in [0.3, 0.4) is 0 Å². The second-order valence-corrected chi connectivity index (χ2v) is 7.23. The van der Waals surface area contributed by atoms with E-state index in [9.17, 15) is 4.79 Å². The van der Waals surface area contributed by atoms with Gasteiger partial charge < -0.3 is 24.3 Å². The predicted octanol–water partition coefficient (Wildman–Crippen LogP) is 1.99. The van der Waals surface area contributed by atoms with Crippen LogP contribution in [-0.4, -0.2) is 58.9 Å². The summed E-state index contributed by atoms with van der Waals surface area (Å²) < 4.78 is 13.1. The van der Waals surface area contributed by atoms with Crippen LogP contribution in [0.15, 0.2) is 24.3 Å². The first kappa shape index (κ1) is 21.4. The number of hydrogen-bond acceptors (Lipinski definition) is 6. The molecule has 0 spiro atoms. The van der Waals surface area contributed by atoms with E-state index in [4.69, 9.17) is 9.47 Å². The van der Waals surface area contributed by atoms with Gasteiger partial charge in [0.15, 0.2) is 0 Å². The molecule has 1 aromatic carbocycles. The highest BCUT2D eigenvalue weighted by Crippen LogP contribution is 2.28. The lowest BCUT2D eigenvalue weighted by Crippen LogP contribution is -2.39. The third-order valence-corrected chi connectivity index (χ3v) is 5.51. The molecule has 1 amide bonds. The average Bonchev–Trinajstić information content (AvgIpc) is 3.18. The average molecular weight is 422 g/mol. The second kappa shape index (κ2) is 9.93. The summed E-state index contributed by atoms with van der Waals surface area (Å²) in [5.41, 5.74) is 0. The molecule has 0 aliphatic carbocycles. The van der Waals surface area contributed by atoms with E-state index in [1.165, 1.54) is 0 Å². The van der Waals surface area contributed by atoms with Gasteiger partial charge in [0.1, 0.15) is 23.1 Å². The van der Waals surface area contributed by atoms with Gasteiger partial charge in [-0.2, -0.15) is 0 Å². The van der Waals surface area contributed by atoms with Gasteiger partial charge in [-0.3, -0.25) is 4.79 Å². The van der Waals surface area contributed by atoms with Gasteiger partial charge in [-0.1, -0.05) is 0 Å². The number of amides is 1. The number of ether oxygens (including phenoxy) is 2. The number of carbonyl (C=O) groups excluding carboxylic acids is 1. The van der Waals surface area contributed by atoms with E-state index in [0.29, 0.717) is 18.9 Å². The van der Waals surface area contributed by atoms with Gasteiger partial charge in [0, 0.05) is 32.1 Å². The zero-order valence-electron chi connectivity index (χ0n) is 16.7. The summed E-state index contributed by atoms with van der Waals surface area (Å²) in [6.45, 7) is 4.61. The van der Waals surface area contributed by atoms with E-state index in [1.54, 1.807) is 7.11 Å². The molecule has 9 heteroatoms. The number of nitrogens with zero attached hydrogens (tertiary/aromatic N) is 4. The van der Waals surface area contributed by atoms with E-state index in [2.05, 4.69) is 20.1 Å². The number of nitrogens with one attached hydrogen (secondary N) is 1. The zero-order valence-corrected chi connectivity index (χ0v) is 17.5. The van der Waals surface area contributed by atoms with Crippen LogP contribution in [0, 0.1) is 0 Å². The smallest absolute Gasteiger partial charge is 0.225 e. The highest BCUT2D eigenvalue weighted by molar-refractivity contribution is 5.85. The number of rotatable bonds is 6. The van der Waals surface area contributed by atoms with Gasteiger partial charge in [0.25, 0.3) is 0 Å². The van der Waals surface area contributed by atoms with Crippen molar-refractivity contribution in [2.45, 2.75) is 38.3 Å². The molecule has 4 rings (SSSR count). The van der Waals surface area contributed by atoms with Crippen molar-refractivity contribution in [1.29, 1.82) is 0 Å². The van der Waals surface area contributed by atoms with Crippen LogP contribution in [0.25, 0.3) is 0 Å². The molecule has 158 valence electrons. The maximum Gasteiger partial charge on any atom is 0.225 e. The van der Waals surface area contributed by atoms with Crippen LogP contribution >= 0.6 is 12.4 Å². The maximum atomic E-state index is 12.5. The minimum atomic E-state index is 0. The van der Waals surface area contributed by atoms with E-state index in [1.807, 2.05) is 29.2 Å². The second-order valence-electron chi connectivity index (χ2n) is 7.23. The molecule has 1 N–H and O–H groups in total. The molecule has 2 aliphatic heterocycles. The van der Waals surface area contributed by atoms with E-state index < -0.39 is 0 Å². The van der Waals surface area contributed by atoms with Crippen molar-refractivity contribution in [2.75, 3.05) is 33.4 Å². The van der Waals surface area contributed by atoms with Crippen LogP contribution in [0.4, 0.5) is 0 Å². The van der Waals surface area contributed by atoms with Crippen molar-refractivity contribution in [3.05, 3.63) is 35.9 Å². The van der Waals surface area contributed by atoms with Crippen molar-refractivity contribution >= 4 is 18.3 Å². The Morgan fingerprint density at radius 1 is 1.14 bits per heavy atom. The van der Waals surface area contributed by atoms with E-state index in [0.717, 1.165) is 68.7 Å². The molecule has 0 unspecified atom stereocenters. The van der Waals surface area contributed by atoms with Gasteiger partial charge >= 0.3 is 0 Å². The standard InChI is InChI=1S/C20H27N5O3.ClH/c1-27-16-2-4-17(5-3-16)28-13-8-19(26)24-10-6-15(7-11-24)20-23-22-18-14-21-9-12-25(18)20;/h2-5,15,21H,6-14H2,1H3;1H. The Bertz CT molecular complexity index is 803. The lowest BCUT2D eigenvalue weighted by molar-refractivity contribution is -0.132. The van der Waals surface area contributed by atoms with E-state index >= 15 is 0 Å². The summed E-state index contributed by atoms with van der Waals surface area (Å²) in [6.07, 6.45) is 2.27. The molecule has 0 bridgehead atoms. The first-order valence-electron chi connectivity index (χ1n) is 9.92. The Morgan fingerprint density at radius 2 is 1.86 bits per heavy atom. The number of carbonyl (C=O) groups is 1. The summed E-state index contributed by atoms with van der Waals surface area (Å²) in [6, 6.07) is 7.40. The topological polar surface area (TPSA) is 81.5 Å². The molecule has 2 aliphatic rings. The molecule has 2 aromatic rings. The number of methoxy groups -OCH3 is 1. The Balaban J connectivity index is 0.00000240. The largest absolute Gasteiger partial charge is 0.497 e. The van der Waals surface area contributed by atoms with Crippen LogP contribution < -0.4 is 14.8 Å². The van der Waals surface area contributed by atoms with Gasteiger partial charge in [0.05, 0.1) is 26.7 Å². The Kier molecular flexibility index (Phi) is 7.33. The number of likely N-dealkylation sites (tertiary alicyclic amines) is 1. The molecule has 1 aromatic heterocycles. The van der Waals surface area contributed by atoms with Gasteiger partial charge in [0.2, 0.25) is 5.91 Å². The third-order valence-electron chi connectivity index (χ3n) is 5.51. The highest BCUT2D eigenvalue weighted by Gasteiger charge is 2.28. The van der Waals surface area contributed by atoms with Gasteiger partial charge in [-0.05, 0) is 37.1 Å². The Labute approximate surface area is 177 Å². The molecule has 8 nitrogen and oxygen atoms in total. The monoisotopic (exact) mass is 421 g/mol. The van der Waals surface area contributed by atoms with Crippen molar-refractivity contribution in [1.82, 2.24) is 25.0 Å². The number of halogens is 1. The number of hydrogen-bond donors (Lipinski definition) is 1. The fourth-order valence-electron chi connectivity index (χ4n) is 3.89. The first-order chi connectivity index (χ1) is 13.7. The zero-order chi connectivity index (χ0) is 19.3. The van der Waals surface area contributed by atoms with Crippen molar-refractivity contribution in [2.24, 2.45) is 0 Å². The fourth-order valence-corrected chi connectivity index (χ4v) is 3.89. The molecule has 1 saturated heterocycles. The Morgan fingerprint density at radius 3 is 2.59 bits per heavy atom. The molecule has 29 heavy (non-hydrogen) atoms. The highest BCUT2D eigenvalue weighted by atomic mass is 35.5. The summed E-state index contributed by atoms with van der Waals surface area (Å²) in [7, 11) is 1.63. The SMILES string of the molecule is COc1ccc(OCCC(=O)N2CCC(c3nnc4n3CCNC4)CC2)cc1.Cl. The molecule has 0 atom stereocenters. The third kappa shape index (κ3) is 5.00. The molecule has 3 heterocycles. The van der Waals surface area contributed by atoms with Crippen LogP contribution in [-0.2, 0) is 17.9 Å². The molecule has 1 fully saturated rings. The Hall–Kier alpha value is -2.32. The van der Waals surface area contributed by atoms with Crippen molar-refractivity contribution in [3.63, 3.8) is 0 Å². The number of piperidine rings is 1. The number of fused-ring (bicyclic) bond motifs is 1. The molecule has 0 radical (unpaired) electrons. The van der Waals surface area contributed by atoms with Crippen LogP contribution in [0.2, 0.25) is 0 Å². The van der Waals surface area contributed by atoms with Crippen LogP contribution in [0.5, 0.6) is 11.5 Å². The summed E-state index contributed by atoms with van der Waals surface area (Å²) in [4.78, 5) is 14.4. The van der Waals surface area contributed by atoms with Crippen molar-refractivity contribution < 1.29 is 14.3 Å². The lowest BCUT2D eigenvalue weighted by Gasteiger charge is -2.32. The molecule has 0 saturated carbocycles. The maximum absolute atomic E-state index is 12.5. The lowest BCUT2D eigenvalue weighted by atomic mass is 9.95. The summed E-state index contributed by atoms with van der Waals surface area (Å²) in [5, 5.41) is 12.1. The predicted molar refractivity (Wildman–Crippen MR) is 111 cm³/mol. The quantitative estimate of drug-likeness (QED) is 0.768. The van der Waals surface area contributed by atoms with Gasteiger partial charge in [-0.25, -0.2) is 0 Å². The number of aromatic nitrogens is 3. The first-order valence-corrected chi connectivity index (χ1v) is 9.92. The van der Waals surface area contributed by atoms with Crippen LogP contribution in [0.1, 0.15) is 36.8 Å². The summed E-state index contributed by atoms with van der Waals surface area (Å²) in [5.74, 6) is 4.19. The normalized spacial score (nSPS) is 16.7. The van der Waals surface area contributed by atoms with Gasteiger partial charge in [-0.15, -0.1) is 22.6 Å². The molecular weight excluding hydrogens is 394 g/mol. The summed E-state index contributed by atoms with van der Waals surface area (Å²) >= 11 is 0. The van der Waals surface area contributed by atoms with E-state index in [-0.39, 0.29) is 18.3 Å². The fraction of sp³-hybridized carbons (Fsp3) is 0.550. The minimum Gasteiger partial charge on any atom is -0.497 e. The molecular formula is C20H28ClN5O3. The number of benzene rings is 1. The minimum absolute atomic E-state index is 0.